The first-order valence-electron chi connectivity index (χ1n) is 8.73. The highest BCUT2D eigenvalue weighted by Gasteiger charge is 2.09. The summed E-state index contributed by atoms with van der Waals surface area (Å²) in [6, 6.07) is 6.01. The molecule has 0 unspecified atom stereocenters. The van der Waals surface area contributed by atoms with Crippen molar-refractivity contribution in [2.75, 3.05) is 32.9 Å². The summed E-state index contributed by atoms with van der Waals surface area (Å²) in [4.78, 5) is 21.2. The number of ether oxygens (including phenoxy) is 1. The van der Waals surface area contributed by atoms with Crippen LogP contribution < -0.4 is 0 Å². The number of hydrogen-bond donors (Lipinski definition) is 3. The number of esters is 1. The minimum absolute atomic E-state index is 0.0664. The van der Waals surface area contributed by atoms with E-state index in [-0.39, 0.29) is 19.2 Å². The number of hydrogen-bond acceptors (Lipinski definition) is 6. The van der Waals surface area contributed by atoms with Crippen LogP contribution in [0.5, 0.6) is 0 Å². The van der Waals surface area contributed by atoms with Crippen LogP contribution in [0.4, 0.5) is 0 Å². The third-order valence-corrected chi connectivity index (χ3v) is 3.93. The highest BCUT2D eigenvalue weighted by atomic mass is 16.5. The van der Waals surface area contributed by atoms with Gasteiger partial charge in [0.2, 0.25) is 0 Å². The van der Waals surface area contributed by atoms with Crippen LogP contribution in [0.25, 0.3) is 11.0 Å². The fraction of sp³-hybridized carbons (Fsp3) is 0.556. The molecule has 1 aromatic carbocycles. The number of aliphatic hydroxyl groups excluding tert-OH is 2. The number of benzene rings is 1. The van der Waals surface area contributed by atoms with Gasteiger partial charge in [0, 0.05) is 32.5 Å². The number of aliphatic hydroxyl groups is 2. The lowest BCUT2D eigenvalue weighted by Gasteiger charge is -2.20. The number of fused-ring (bicyclic) bond motifs is 1. The van der Waals surface area contributed by atoms with Crippen molar-refractivity contribution in [3.05, 3.63) is 29.6 Å². The van der Waals surface area contributed by atoms with E-state index in [0.717, 1.165) is 22.4 Å². The Morgan fingerprint density at radius 1 is 1.28 bits per heavy atom. The zero-order valence-electron chi connectivity index (χ0n) is 14.7. The molecule has 0 saturated carbocycles. The number of nitrogens with zero attached hydrogens (tertiary/aromatic N) is 2. The monoisotopic (exact) mass is 349 g/mol. The Morgan fingerprint density at radius 2 is 2.04 bits per heavy atom. The second-order valence-electron chi connectivity index (χ2n) is 5.92. The fourth-order valence-corrected chi connectivity index (χ4v) is 2.77. The van der Waals surface area contributed by atoms with E-state index in [0.29, 0.717) is 45.5 Å². The molecule has 0 aliphatic carbocycles. The summed E-state index contributed by atoms with van der Waals surface area (Å²) in [5, 5.41) is 18.2. The lowest BCUT2D eigenvalue weighted by atomic mass is 10.2. The van der Waals surface area contributed by atoms with Gasteiger partial charge in [0.05, 0.1) is 30.9 Å². The van der Waals surface area contributed by atoms with E-state index in [1.807, 2.05) is 23.1 Å². The van der Waals surface area contributed by atoms with Gasteiger partial charge in [-0.3, -0.25) is 9.69 Å². The highest BCUT2D eigenvalue weighted by Crippen LogP contribution is 2.16. The minimum atomic E-state index is -0.172. The molecule has 0 bridgehead atoms. The van der Waals surface area contributed by atoms with E-state index in [4.69, 9.17) is 14.9 Å². The van der Waals surface area contributed by atoms with Crippen LogP contribution >= 0.6 is 0 Å². The van der Waals surface area contributed by atoms with Crippen molar-refractivity contribution < 1.29 is 19.7 Å². The van der Waals surface area contributed by atoms with Crippen molar-refractivity contribution >= 4 is 17.0 Å². The first kappa shape index (κ1) is 19.4. The predicted octanol–water partition coefficient (Wildman–Crippen LogP) is 1.24. The lowest BCUT2D eigenvalue weighted by molar-refractivity contribution is -0.143. The number of H-pyrrole nitrogens is 1. The number of nitrogens with one attached hydrogen (secondary N) is 1. The summed E-state index contributed by atoms with van der Waals surface area (Å²) < 4.78 is 4.92. The molecule has 7 nitrogen and oxygen atoms in total. The van der Waals surface area contributed by atoms with Gasteiger partial charge in [-0.25, -0.2) is 4.98 Å². The summed E-state index contributed by atoms with van der Waals surface area (Å²) in [5.41, 5.74) is 2.94. The molecule has 0 fully saturated rings. The zero-order valence-corrected chi connectivity index (χ0v) is 14.7. The molecule has 0 saturated heterocycles. The second-order valence-corrected chi connectivity index (χ2v) is 5.92. The van der Waals surface area contributed by atoms with E-state index in [1.165, 1.54) is 0 Å². The number of carbonyl (C=O) groups excluding carboxylic acids is 1. The van der Waals surface area contributed by atoms with Crippen LogP contribution in [0, 0.1) is 0 Å². The van der Waals surface area contributed by atoms with Crippen molar-refractivity contribution in [1.82, 2.24) is 14.9 Å². The zero-order chi connectivity index (χ0) is 18.1. The van der Waals surface area contributed by atoms with E-state index in [9.17, 15) is 4.79 Å². The molecule has 1 heterocycles. The van der Waals surface area contributed by atoms with Gasteiger partial charge in [0.15, 0.2) is 0 Å². The Labute approximate surface area is 147 Å². The highest BCUT2D eigenvalue weighted by molar-refractivity contribution is 5.76. The molecule has 1 aromatic heterocycles. The molecular formula is C18H27N3O4. The Morgan fingerprint density at radius 3 is 2.72 bits per heavy atom. The summed E-state index contributed by atoms with van der Waals surface area (Å²) in [6.45, 7) is 4.07. The molecular weight excluding hydrogens is 322 g/mol. The second kappa shape index (κ2) is 10.1. The normalized spacial score (nSPS) is 11.4. The first-order valence-corrected chi connectivity index (χ1v) is 8.73. The molecule has 0 spiro atoms. The third-order valence-electron chi connectivity index (χ3n) is 3.93. The van der Waals surface area contributed by atoms with Crippen LogP contribution in [0.15, 0.2) is 18.2 Å². The fourth-order valence-electron chi connectivity index (χ4n) is 2.77. The maximum Gasteiger partial charge on any atom is 0.305 e. The lowest BCUT2D eigenvalue weighted by Crippen LogP contribution is -2.29. The maximum atomic E-state index is 11.4. The Bertz CT molecular complexity index is 665. The van der Waals surface area contributed by atoms with Gasteiger partial charge in [-0.2, -0.15) is 0 Å². The molecule has 2 aromatic rings. The molecule has 0 aliphatic heterocycles. The van der Waals surface area contributed by atoms with Gasteiger partial charge in [0.25, 0.3) is 0 Å². The molecule has 0 atom stereocenters. The molecule has 2 rings (SSSR count). The molecule has 0 amide bonds. The van der Waals surface area contributed by atoms with Crippen molar-refractivity contribution in [3.63, 3.8) is 0 Å². The SMILES string of the molecule is CCOC(=O)CCCc1nc2ccc(CN(CCO)CCO)cc2[nH]1. The average Bonchev–Trinajstić information content (AvgIpc) is 2.97. The number of imidazole rings is 1. The van der Waals surface area contributed by atoms with Crippen molar-refractivity contribution in [2.24, 2.45) is 0 Å². The quantitative estimate of drug-likeness (QED) is 0.528. The van der Waals surface area contributed by atoms with E-state index >= 15 is 0 Å². The molecule has 138 valence electrons. The van der Waals surface area contributed by atoms with Gasteiger partial charge in [0.1, 0.15) is 5.82 Å². The summed E-state index contributed by atoms with van der Waals surface area (Å²) in [7, 11) is 0. The average molecular weight is 349 g/mol. The topological polar surface area (TPSA) is 98.7 Å². The van der Waals surface area contributed by atoms with E-state index in [2.05, 4.69) is 9.97 Å². The van der Waals surface area contributed by atoms with Gasteiger partial charge in [-0.1, -0.05) is 6.07 Å². The van der Waals surface area contributed by atoms with Crippen molar-refractivity contribution in [1.29, 1.82) is 0 Å². The van der Waals surface area contributed by atoms with E-state index in [1.54, 1.807) is 6.92 Å². The van der Waals surface area contributed by atoms with Crippen LogP contribution in [0.1, 0.15) is 31.2 Å². The van der Waals surface area contributed by atoms with Gasteiger partial charge in [-0.05, 0) is 31.0 Å². The first-order chi connectivity index (χ1) is 12.2. The molecule has 3 N–H and O–H groups in total. The molecule has 0 aliphatic rings. The Hall–Kier alpha value is -1.96. The van der Waals surface area contributed by atoms with Crippen molar-refractivity contribution in [2.45, 2.75) is 32.7 Å². The van der Waals surface area contributed by atoms with Crippen LogP contribution in [-0.2, 0) is 22.5 Å². The predicted molar refractivity (Wildman–Crippen MR) is 95.1 cm³/mol. The van der Waals surface area contributed by atoms with Gasteiger partial charge >= 0.3 is 5.97 Å². The number of aromatic amines is 1. The maximum absolute atomic E-state index is 11.4. The number of rotatable bonds is 11. The molecule has 25 heavy (non-hydrogen) atoms. The van der Waals surface area contributed by atoms with Crippen LogP contribution in [0.3, 0.4) is 0 Å². The van der Waals surface area contributed by atoms with Gasteiger partial charge in [-0.15, -0.1) is 0 Å². The van der Waals surface area contributed by atoms with Crippen LogP contribution in [-0.4, -0.2) is 64.0 Å². The third kappa shape index (κ3) is 6.12. The smallest absolute Gasteiger partial charge is 0.305 e. The Balaban J connectivity index is 1.97. The number of aromatic nitrogens is 2. The summed E-state index contributed by atoms with van der Waals surface area (Å²) in [5.74, 6) is 0.688. The Kier molecular flexibility index (Phi) is 7.84. The molecule has 0 radical (unpaired) electrons. The van der Waals surface area contributed by atoms with Crippen LogP contribution in [0.2, 0.25) is 0 Å². The molecule has 7 heteroatoms. The standard InChI is InChI=1S/C18H27N3O4/c1-2-25-18(24)5-3-4-17-19-15-7-6-14(12-16(15)20-17)13-21(8-10-22)9-11-23/h6-7,12,22-23H,2-5,8-11,13H2,1H3,(H,19,20). The van der Waals surface area contributed by atoms with Gasteiger partial charge < -0.3 is 19.9 Å². The minimum Gasteiger partial charge on any atom is -0.466 e. The summed E-state index contributed by atoms with van der Waals surface area (Å²) >= 11 is 0. The summed E-state index contributed by atoms with van der Waals surface area (Å²) in [6.07, 6.45) is 1.80. The number of aryl methyl sites for hydroxylation is 1. The number of carbonyl (C=O) groups is 1. The largest absolute Gasteiger partial charge is 0.466 e. The van der Waals surface area contributed by atoms with Crippen molar-refractivity contribution in [3.8, 4) is 0 Å². The van der Waals surface area contributed by atoms with E-state index < -0.39 is 0 Å².